The van der Waals surface area contributed by atoms with Crippen molar-refractivity contribution in [3.63, 3.8) is 0 Å². The molecule has 0 spiro atoms. The third-order valence-corrected chi connectivity index (χ3v) is 21.4. The number of nitrogens with one attached hydrogen (secondary N) is 3. The lowest BCUT2D eigenvalue weighted by Gasteiger charge is -2.58. The minimum Gasteiger partial charge on any atom is -0.479 e. The van der Waals surface area contributed by atoms with Gasteiger partial charge in [0.15, 0.2) is 16.9 Å². The number of anilines is 3. The number of hydrogen-bond donors (Lipinski definition) is 9. The summed E-state index contributed by atoms with van der Waals surface area (Å²) in [6.45, 7) is 8.95. The number of carboxylic acids is 2. The van der Waals surface area contributed by atoms with E-state index in [2.05, 4.69) is 41.7 Å². The fourth-order valence-electron chi connectivity index (χ4n) is 15.6. The van der Waals surface area contributed by atoms with E-state index in [0.717, 1.165) is 49.7 Å². The van der Waals surface area contributed by atoms with Gasteiger partial charge in [0.1, 0.15) is 36.5 Å². The lowest BCUT2D eigenvalue weighted by molar-refractivity contribution is -0.271. The number of amides is 6. The van der Waals surface area contributed by atoms with Crippen LogP contribution in [0.3, 0.4) is 0 Å². The van der Waals surface area contributed by atoms with Crippen LogP contribution in [0.25, 0.3) is 27.4 Å². The number of para-hydroxylation sites is 1. The lowest BCUT2D eigenvalue weighted by Crippen LogP contribution is -2.61. The molecule has 105 heavy (non-hydrogen) atoms. The van der Waals surface area contributed by atoms with Crippen LogP contribution in [0, 0.1) is 23.7 Å². The first kappa shape index (κ1) is 76.6. The van der Waals surface area contributed by atoms with Gasteiger partial charge >= 0.3 is 18.0 Å². The highest BCUT2D eigenvalue weighted by Gasteiger charge is 2.56. The van der Waals surface area contributed by atoms with Gasteiger partial charge in [-0.1, -0.05) is 74.9 Å². The summed E-state index contributed by atoms with van der Waals surface area (Å²) in [6, 6.07) is 21.0. The van der Waals surface area contributed by atoms with Crippen molar-refractivity contribution < 1.29 is 95.8 Å². The smallest absolute Gasteiger partial charge is 0.410 e. The molecule has 2 saturated carbocycles. The first-order valence-corrected chi connectivity index (χ1v) is 37.2. The van der Waals surface area contributed by atoms with Gasteiger partial charge in [0.2, 0.25) is 18.1 Å². The van der Waals surface area contributed by atoms with E-state index < -0.39 is 99.9 Å². The van der Waals surface area contributed by atoms with Gasteiger partial charge in [-0.2, -0.15) is 13.5 Å². The minimum atomic E-state index is -4.56. The molecule has 5 aliphatic rings. The number of aliphatic hydroxyl groups excluding tert-OH is 3. The number of imide groups is 1. The van der Waals surface area contributed by atoms with Crippen LogP contribution >= 0.6 is 11.3 Å². The number of benzene rings is 3. The van der Waals surface area contributed by atoms with Gasteiger partial charge in [-0.25, -0.2) is 24.4 Å². The molecule has 1 saturated heterocycles. The molecule has 9 atom stereocenters. The Labute approximate surface area is 609 Å². The topological polar surface area (TPSA) is 418 Å². The molecular formula is C73H86N10O20S2. The first-order chi connectivity index (χ1) is 49.9. The van der Waals surface area contributed by atoms with Crippen molar-refractivity contribution in [2.45, 2.75) is 148 Å². The molecule has 2 aliphatic carbocycles. The molecule has 9 N–H and O–H groups in total. The number of aromatic carboxylic acids is 1. The second-order valence-electron chi connectivity index (χ2n) is 28.4. The molecule has 2 bridgehead atoms. The summed E-state index contributed by atoms with van der Waals surface area (Å²) in [5, 5.41) is 65.5. The normalized spacial score (nSPS) is 23.7. The van der Waals surface area contributed by atoms with Crippen molar-refractivity contribution in [2.24, 2.45) is 16.7 Å². The van der Waals surface area contributed by atoms with E-state index in [-0.39, 0.29) is 86.0 Å². The van der Waals surface area contributed by atoms with E-state index in [1.54, 1.807) is 24.4 Å². The van der Waals surface area contributed by atoms with Crippen LogP contribution in [0.4, 0.5) is 21.4 Å². The number of hydrogen-bond acceptors (Lipinski definition) is 22. The zero-order valence-electron chi connectivity index (χ0n) is 58.5. The molecule has 6 aromatic rings. The van der Waals surface area contributed by atoms with Crippen molar-refractivity contribution in [2.75, 3.05) is 67.2 Å². The first-order valence-electron chi connectivity index (χ1n) is 34.7. The van der Waals surface area contributed by atoms with Crippen molar-refractivity contribution >= 4 is 102 Å². The van der Waals surface area contributed by atoms with Gasteiger partial charge in [-0.3, -0.25) is 43.4 Å². The van der Waals surface area contributed by atoms with Crippen LogP contribution in [0.2, 0.25) is 0 Å². The Bertz CT molecular complexity index is 4440. The minimum absolute atomic E-state index is 0.0332. The number of aromatic nitrogens is 4. The number of aliphatic hydroxyl groups is 3. The maximum atomic E-state index is 13.9. The average molecular weight is 1490 g/mol. The Morgan fingerprint density at radius 2 is 1.63 bits per heavy atom. The highest BCUT2D eigenvalue weighted by atomic mass is 32.2. The van der Waals surface area contributed by atoms with E-state index in [0.29, 0.717) is 97.8 Å². The number of carbonyl (C=O) groups excluding carboxylic acids is 6. The van der Waals surface area contributed by atoms with Crippen LogP contribution in [0.5, 0.6) is 5.75 Å². The monoisotopic (exact) mass is 1490 g/mol. The third kappa shape index (κ3) is 18.8. The largest absolute Gasteiger partial charge is 0.479 e. The van der Waals surface area contributed by atoms with E-state index in [1.165, 1.54) is 53.8 Å². The summed E-state index contributed by atoms with van der Waals surface area (Å²) in [5.41, 5.74) is 3.70. The molecule has 560 valence electrons. The number of carboxylic acid groups (broad SMARTS) is 2. The fraction of sp³-hybridized carbons (Fsp3) is 0.466. The fourth-order valence-corrected chi connectivity index (χ4v) is 16.9. The Balaban J connectivity index is 0.718. The number of thiazole rings is 1. The van der Waals surface area contributed by atoms with Gasteiger partial charge in [-0.15, -0.1) is 0 Å². The second-order valence-corrected chi connectivity index (χ2v) is 31.0. The molecule has 0 radical (unpaired) electrons. The molecule has 3 fully saturated rings. The Morgan fingerprint density at radius 3 is 2.38 bits per heavy atom. The van der Waals surface area contributed by atoms with Crippen molar-refractivity contribution in [3.8, 4) is 16.9 Å². The van der Waals surface area contributed by atoms with Crippen LogP contribution in [0.15, 0.2) is 97.2 Å². The highest BCUT2D eigenvalue weighted by Crippen LogP contribution is 2.60. The van der Waals surface area contributed by atoms with Crippen LogP contribution < -0.4 is 25.6 Å². The van der Waals surface area contributed by atoms with E-state index in [1.807, 2.05) is 52.9 Å². The number of nitrogens with zero attached hydrogens (tertiary/aromatic N) is 7. The van der Waals surface area contributed by atoms with Gasteiger partial charge < -0.3 is 64.9 Å². The van der Waals surface area contributed by atoms with Crippen LogP contribution in [0.1, 0.15) is 128 Å². The summed E-state index contributed by atoms with van der Waals surface area (Å²) in [5.74, 6) is -5.22. The standard InChI is InChI=1S/C73H86N10O20S2/c1-43-35-71(3)39-72(4,42-83-44(2)49(37-75-83)47-19-21-55(78-60(47)66(92)93)81-28-25-46-13-10-14-48(50(46)38-81)65(91)79-69-77-51-15-7-8-16-54(51)104-69)41-73(36-43,40-71)101-32-29-80(30-33-105(97,98)99)70(96)100-31-11-12-45-18-20-53(102-68-63(90)61(88)62(89)64(103-68)67(94)95)52(34-45)76-57(85)24-26-74-56(84)17-6-5-9-27-82-58(86)22-23-59(82)87/h7-8,10-16,18-23,34,37,43,61-64,68,88-90H,5-6,9,17,24-33,35-36,38-42H2,1-4H3,(H,74,84)(H,76,85)(H,92,93)(H,94,95)(H,77,79,91)(H,97,98,99)/b12-11+/t43?,61-,62-,63+,64-,68+,71?,72?,73?/m0/s1. The van der Waals surface area contributed by atoms with E-state index in [9.17, 15) is 76.9 Å². The maximum absolute atomic E-state index is 13.9. The molecule has 32 heteroatoms. The molecule has 6 heterocycles. The van der Waals surface area contributed by atoms with Crippen LogP contribution in [-0.2, 0) is 67.8 Å². The highest BCUT2D eigenvalue weighted by molar-refractivity contribution is 7.85. The van der Waals surface area contributed by atoms with Crippen LogP contribution in [-0.4, -0.2) is 204 Å². The molecular weight excluding hydrogens is 1400 g/mol. The summed E-state index contributed by atoms with van der Waals surface area (Å²) in [4.78, 5) is 116. The summed E-state index contributed by atoms with van der Waals surface area (Å²) in [7, 11) is -4.56. The van der Waals surface area contributed by atoms with Crippen molar-refractivity contribution in [3.05, 3.63) is 131 Å². The summed E-state index contributed by atoms with van der Waals surface area (Å²) < 4.78 is 60.6. The Hall–Kier alpha value is -9.54. The lowest BCUT2D eigenvalue weighted by atomic mass is 9.51. The quantitative estimate of drug-likeness (QED) is 0.0124. The Morgan fingerprint density at radius 1 is 0.848 bits per heavy atom. The Kier molecular flexibility index (Phi) is 23.7. The number of unbranched alkanes of at least 4 members (excludes halogenated alkanes) is 2. The molecule has 11 rings (SSSR count). The van der Waals surface area contributed by atoms with Crippen molar-refractivity contribution in [1.29, 1.82) is 0 Å². The predicted octanol–water partition coefficient (Wildman–Crippen LogP) is 7.00. The number of aliphatic carboxylic acids is 1. The molecule has 3 aromatic carbocycles. The molecule has 6 amide bonds. The van der Waals surface area contributed by atoms with Gasteiger partial charge in [-0.05, 0) is 140 Å². The van der Waals surface area contributed by atoms with E-state index in [4.69, 9.17) is 29.0 Å². The number of pyridine rings is 1. The average Bonchev–Trinajstić information content (AvgIpc) is 1.40. The molecule has 4 unspecified atom stereocenters. The number of rotatable bonds is 30. The number of carbonyl (C=O) groups is 8. The van der Waals surface area contributed by atoms with Crippen molar-refractivity contribution in [1.82, 2.24) is 34.9 Å². The number of ether oxygens (including phenoxy) is 4. The number of fused-ring (bicyclic) bond motifs is 4. The second kappa shape index (κ2) is 32.4. The van der Waals surface area contributed by atoms with Gasteiger partial charge in [0.25, 0.3) is 27.8 Å². The SMILES string of the molecule is Cc1c(-c2ccc(N3CCc4cccc(C(=O)Nc5nc6ccccc6s5)c4C3)nc2C(=O)O)cnn1CC1(C)CC2(C)CC(C)CC(OCCN(CCS(=O)(=O)O)C(=O)OC/C=C/c3ccc(O[C@@H]4O[C@H](C(=O)O)[C@@H](O)[C@H](O)[C@H]4O)c(NC(=O)CCNC(=O)CCCCCN4C(=O)C=CC4=O)c3)(C2)C1. The molecule has 3 aliphatic heterocycles. The molecule has 3 aromatic heterocycles. The predicted molar refractivity (Wildman–Crippen MR) is 383 cm³/mol. The van der Waals surface area contributed by atoms with Gasteiger partial charge in [0, 0.05) is 93.2 Å². The maximum Gasteiger partial charge on any atom is 0.410 e. The third-order valence-electron chi connectivity index (χ3n) is 19.7. The van der Waals surface area contributed by atoms with E-state index >= 15 is 0 Å². The zero-order chi connectivity index (χ0) is 75.1. The van der Waals surface area contributed by atoms with Gasteiger partial charge in [0.05, 0.1) is 40.1 Å². The zero-order valence-corrected chi connectivity index (χ0v) is 60.1. The summed E-state index contributed by atoms with van der Waals surface area (Å²) in [6.07, 6.45) is 1.87. The molecule has 30 nitrogen and oxygen atoms in total. The summed E-state index contributed by atoms with van der Waals surface area (Å²) >= 11 is 1.39.